The highest BCUT2D eigenvalue weighted by Crippen LogP contribution is 2.14. The van der Waals surface area contributed by atoms with Crippen LogP contribution in [0.2, 0.25) is 0 Å². The Morgan fingerprint density at radius 3 is 2.70 bits per heavy atom. The van der Waals surface area contributed by atoms with E-state index in [-0.39, 0.29) is 6.04 Å². The normalized spacial score (nSPS) is 19.9. The van der Waals surface area contributed by atoms with Crippen molar-refractivity contribution < 1.29 is 4.79 Å². The van der Waals surface area contributed by atoms with Crippen LogP contribution in [-0.4, -0.2) is 36.5 Å². The molecule has 1 aliphatic heterocycles. The van der Waals surface area contributed by atoms with Crippen molar-refractivity contribution in [3.63, 3.8) is 0 Å². The molecule has 0 aromatic heterocycles. The minimum atomic E-state index is 0.0876. The molecule has 1 saturated heterocycles. The van der Waals surface area contributed by atoms with Crippen molar-refractivity contribution in [2.24, 2.45) is 5.92 Å². The number of unbranched alkanes of at least 4 members (excludes halogenated alkanes) is 3. The van der Waals surface area contributed by atoms with E-state index < -0.39 is 0 Å². The predicted octanol–water partition coefficient (Wildman–Crippen LogP) is 3.58. The van der Waals surface area contributed by atoms with Gasteiger partial charge in [0.05, 0.1) is 6.04 Å². The second-order valence-electron chi connectivity index (χ2n) is 6.57. The topological polar surface area (TPSA) is 32.3 Å². The number of rotatable bonds is 10. The zero-order valence-electron chi connectivity index (χ0n) is 13.8. The molecule has 20 heavy (non-hydrogen) atoms. The van der Waals surface area contributed by atoms with Crippen LogP contribution in [0.5, 0.6) is 0 Å². The first kappa shape index (κ1) is 17.5. The Labute approximate surface area is 125 Å². The average Bonchev–Trinajstić information content (AvgIpc) is 2.42. The van der Waals surface area contributed by atoms with E-state index in [4.69, 9.17) is 0 Å². The van der Waals surface area contributed by atoms with Gasteiger partial charge in [0.25, 0.3) is 0 Å². The first-order chi connectivity index (χ1) is 9.65. The molecule has 1 amide bonds. The third-order valence-corrected chi connectivity index (χ3v) is 4.13. The molecule has 0 saturated carbocycles. The Bertz CT molecular complexity index is 266. The van der Waals surface area contributed by atoms with Crippen molar-refractivity contribution in [2.45, 2.75) is 78.2 Å². The number of hydrogen-bond donors (Lipinski definition) is 1. The molecule has 0 bridgehead atoms. The molecule has 118 valence electrons. The molecule has 0 aromatic carbocycles. The number of likely N-dealkylation sites (tertiary alicyclic amines) is 1. The number of carbonyl (C=O) groups is 1. The summed E-state index contributed by atoms with van der Waals surface area (Å²) < 4.78 is 0. The van der Waals surface area contributed by atoms with Crippen molar-refractivity contribution in [3.8, 4) is 0 Å². The van der Waals surface area contributed by atoms with Crippen molar-refractivity contribution >= 4 is 5.91 Å². The lowest BCUT2D eigenvalue weighted by Crippen LogP contribution is -2.51. The summed E-state index contributed by atoms with van der Waals surface area (Å²) in [5.74, 6) is 1.16. The number of hydrogen-bond acceptors (Lipinski definition) is 2. The summed E-state index contributed by atoms with van der Waals surface area (Å²) in [6.45, 7) is 9.61. The van der Waals surface area contributed by atoms with Gasteiger partial charge in [-0.25, -0.2) is 0 Å². The van der Waals surface area contributed by atoms with E-state index >= 15 is 0 Å². The first-order valence-corrected chi connectivity index (χ1v) is 8.67. The van der Waals surface area contributed by atoms with Gasteiger partial charge in [0.15, 0.2) is 0 Å². The zero-order chi connectivity index (χ0) is 14.8. The summed E-state index contributed by atoms with van der Waals surface area (Å²) >= 11 is 0. The molecule has 0 aromatic rings. The Kier molecular flexibility index (Phi) is 8.92. The minimum Gasteiger partial charge on any atom is -0.341 e. The summed E-state index contributed by atoms with van der Waals surface area (Å²) in [6, 6.07) is 0.0876. The quantitative estimate of drug-likeness (QED) is 0.621. The van der Waals surface area contributed by atoms with Gasteiger partial charge < -0.3 is 10.2 Å². The SMILES string of the molecule is CCCNC1CCCN(CCCCCCC(C)C)C1=O. The molecule has 0 radical (unpaired) electrons. The van der Waals surface area contributed by atoms with Crippen LogP contribution in [0.1, 0.15) is 72.1 Å². The van der Waals surface area contributed by atoms with Crippen molar-refractivity contribution in [3.05, 3.63) is 0 Å². The summed E-state index contributed by atoms with van der Waals surface area (Å²) in [7, 11) is 0. The number of carbonyl (C=O) groups excluding carboxylic acids is 1. The van der Waals surface area contributed by atoms with Gasteiger partial charge in [-0.15, -0.1) is 0 Å². The van der Waals surface area contributed by atoms with Crippen molar-refractivity contribution in [1.82, 2.24) is 10.2 Å². The van der Waals surface area contributed by atoms with Crippen molar-refractivity contribution in [1.29, 1.82) is 0 Å². The van der Waals surface area contributed by atoms with Crippen LogP contribution in [0.3, 0.4) is 0 Å². The zero-order valence-corrected chi connectivity index (χ0v) is 13.8. The van der Waals surface area contributed by atoms with E-state index in [2.05, 4.69) is 31.0 Å². The molecule has 0 aliphatic carbocycles. The summed E-state index contributed by atoms with van der Waals surface area (Å²) in [6.07, 6.45) is 9.70. The molecule has 1 rings (SSSR count). The molecule has 1 heterocycles. The molecule has 1 fully saturated rings. The highest BCUT2D eigenvalue weighted by molar-refractivity contribution is 5.82. The lowest BCUT2D eigenvalue weighted by atomic mass is 10.0. The van der Waals surface area contributed by atoms with E-state index in [9.17, 15) is 4.79 Å². The molecule has 3 nitrogen and oxygen atoms in total. The highest BCUT2D eigenvalue weighted by Gasteiger charge is 2.27. The van der Waals surface area contributed by atoms with Gasteiger partial charge in [-0.05, 0) is 38.1 Å². The van der Waals surface area contributed by atoms with Crippen LogP contribution in [0.15, 0.2) is 0 Å². The van der Waals surface area contributed by atoms with E-state index in [0.29, 0.717) is 5.91 Å². The molecule has 0 spiro atoms. The molecule has 1 unspecified atom stereocenters. The molecule has 1 aliphatic rings. The smallest absolute Gasteiger partial charge is 0.239 e. The average molecular weight is 282 g/mol. The van der Waals surface area contributed by atoms with Gasteiger partial charge >= 0.3 is 0 Å². The highest BCUT2D eigenvalue weighted by atomic mass is 16.2. The predicted molar refractivity (Wildman–Crippen MR) is 85.8 cm³/mol. The summed E-state index contributed by atoms with van der Waals surface area (Å²) in [5.41, 5.74) is 0. The lowest BCUT2D eigenvalue weighted by Gasteiger charge is -2.32. The van der Waals surface area contributed by atoms with Gasteiger partial charge in [-0.2, -0.15) is 0 Å². The first-order valence-electron chi connectivity index (χ1n) is 8.67. The van der Waals surface area contributed by atoms with E-state index in [1.165, 1.54) is 32.1 Å². The van der Waals surface area contributed by atoms with Gasteiger partial charge in [0.2, 0.25) is 5.91 Å². The lowest BCUT2D eigenvalue weighted by molar-refractivity contribution is -0.136. The number of amides is 1. The number of piperidine rings is 1. The second-order valence-corrected chi connectivity index (χ2v) is 6.57. The fourth-order valence-electron chi connectivity index (χ4n) is 2.88. The maximum absolute atomic E-state index is 12.3. The van der Waals surface area contributed by atoms with E-state index in [1.54, 1.807) is 0 Å². The Hall–Kier alpha value is -0.570. The molecular formula is C17H34N2O. The maximum atomic E-state index is 12.3. The monoisotopic (exact) mass is 282 g/mol. The third-order valence-electron chi connectivity index (χ3n) is 4.13. The maximum Gasteiger partial charge on any atom is 0.239 e. The fourth-order valence-corrected chi connectivity index (χ4v) is 2.88. The number of nitrogens with zero attached hydrogens (tertiary/aromatic N) is 1. The van der Waals surface area contributed by atoms with Crippen LogP contribution in [0, 0.1) is 5.92 Å². The molecule has 1 atom stereocenters. The molecular weight excluding hydrogens is 248 g/mol. The van der Waals surface area contributed by atoms with Crippen LogP contribution in [0.4, 0.5) is 0 Å². The van der Waals surface area contributed by atoms with Crippen LogP contribution in [0.25, 0.3) is 0 Å². The van der Waals surface area contributed by atoms with Gasteiger partial charge in [-0.1, -0.05) is 46.5 Å². The van der Waals surface area contributed by atoms with Gasteiger partial charge in [0.1, 0.15) is 0 Å². The van der Waals surface area contributed by atoms with E-state index in [1.807, 2.05) is 0 Å². The van der Waals surface area contributed by atoms with Crippen molar-refractivity contribution in [2.75, 3.05) is 19.6 Å². The third kappa shape index (κ3) is 6.74. The number of nitrogens with one attached hydrogen (secondary N) is 1. The van der Waals surface area contributed by atoms with Crippen LogP contribution in [-0.2, 0) is 4.79 Å². The Balaban J connectivity index is 2.14. The van der Waals surface area contributed by atoms with E-state index in [0.717, 1.165) is 44.8 Å². The van der Waals surface area contributed by atoms with Gasteiger partial charge in [0, 0.05) is 13.1 Å². The molecule has 1 N–H and O–H groups in total. The Morgan fingerprint density at radius 2 is 2.00 bits per heavy atom. The molecule has 3 heteroatoms. The fraction of sp³-hybridized carbons (Fsp3) is 0.941. The largest absolute Gasteiger partial charge is 0.341 e. The standard InChI is InChI=1S/C17H34N2O/c1-4-12-18-16-11-9-14-19(17(16)20)13-8-6-5-7-10-15(2)3/h15-16,18H,4-14H2,1-3H3. The second kappa shape index (κ2) is 10.2. The van der Waals surface area contributed by atoms with Gasteiger partial charge in [-0.3, -0.25) is 4.79 Å². The van der Waals surface area contributed by atoms with Crippen LogP contribution < -0.4 is 5.32 Å². The summed E-state index contributed by atoms with van der Waals surface area (Å²) in [5, 5.41) is 3.38. The summed E-state index contributed by atoms with van der Waals surface area (Å²) in [4.78, 5) is 14.4. The Morgan fingerprint density at radius 1 is 1.25 bits per heavy atom. The minimum absolute atomic E-state index is 0.0876. The van der Waals surface area contributed by atoms with Crippen LogP contribution >= 0.6 is 0 Å².